The standard InChI is InChI=1S/C16H23N3O3S/c1-21-14-6-7-15(18-17-14)22-12-8-9-19(10-12)16(20)11-23-13-4-2-3-5-13/h6-7,12-13H,2-5,8-11H2,1H3. The van der Waals surface area contributed by atoms with Crippen molar-refractivity contribution in [3.63, 3.8) is 0 Å². The van der Waals surface area contributed by atoms with Crippen LogP contribution in [-0.4, -0.2) is 58.3 Å². The molecule has 1 aliphatic carbocycles. The number of hydrogen-bond donors (Lipinski definition) is 0. The summed E-state index contributed by atoms with van der Waals surface area (Å²) in [4.78, 5) is 14.2. The number of methoxy groups -OCH3 is 1. The van der Waals surface area contributed by atoms with Crippen molar-refractivity contribution in [3.05, 3.63) is 12.1 Å². The normalized spacial score (nSPS) is 21.6. The lowest BCUT2D eigenvalue weighted by Gasteiger charge is -2.17. The Hall–Kier alpha value is -1.50. The molecule has 1 saturated heterocycles. The first-order chi connectivity index (χ1) is 11.2. The molecule has 0 spiro atoms. The number of amides is 1. The third-order valence-electron chi connectivity index (χ3n) is 4.35. The SMILES string of the molecule is COc1ccc(OC2CCN(C(=O)CSC3CCCC3)C2)nn1. The van der Waals surface area contributed by atoms with Crippen LogP contribution in [0, 0.1) is 0 Å². The third kappa shape index (κ3) is 4.50. The zero-order valence-electron chi connectivity index (χ0n) is 13.4. The molecule has 126 valence electrons. The number of thioether (sulfide) groups is 1. The van der Waals surface area contributed by atoms with E-state index in [2.05, 4.69) is 10.2 Å². The Labute approximate surface area is 140 Å². The van der Waals surface area contributed by atoms with Crippen LogP contribution in [0.25, 0.3) is 0 Å². The molecule has 2 fully saturated rings. The maximum absolute atomic E-state index is 12.3. The summed E-state index contributed by atoms with van der Waals surface area (Å²) >= 11 is 1.82. The number of ether oxygens (including phenoxy) is 2. The average molecular weight is 337 g/mol. The zero-order chi connectivity index (χ0) is 16.1. The van der Waals surface area contributed by atoms with Crippen LogP contribution in [0.3, 0.4) is 0 Å². The monoisotopic (exact) mass is 337 g/mol. The van der Waals surface area contributed by atoms with Gasteiger partial charge in [-0.1, -0.05) is 12.8 Å². The lowest BCUT2D eigenvalue weighted by Crippen LogP contribution is -2.32. The topological polar surface area (TPSA) is 64.6 Å². The van der Waals surface area contributed by atoms with Gasteiger partial charge in [0.1, 0.15) is 6.10 Å². The molecular formula is C16H23N3O3S. The molecule has 1 atom stereocenters. The van der Waals surface area contributed by atoms with Crippen molar-refractivity contribution in [1.82, 2.24) is 15.1 Å². The molecule has 1 aliphatic heterocycles. The van der Waals surface area contributed by atoms with E-state index < -0.39 is 0 Å². The summed E-state index contributed by atoms with van der Waals surface area (Å²) in [5.41, 5.74) is 0. The summed E-state index contributed by atoms with van der Waals surface area (Å²) in [6, 6.07) is 3.46. The Bertz CT molecular complexity index is 520. The van der Waals surface area contributed by atoms with Crippen LogP contribution in [0.5, 0.6) is 11.8 Å². The number of carbonyl (C=O) groups excluding carboxylic acids is 1. The fourth-order valence-corrected chi connectivity index (χ4v) is 4.26. The Morgan fingerprint density at radius 3 is 2.70 bits per heavy atom. The van der Waals surface area contributed by atoms with Gasteiger partial charge in [-0.3, -0.25) is 4.79 Å². The van der Waals surface area contributed by atoms with Gasteiger partial charge in [0.2, 0.25) is 17.7 Å². The predicted molar refractivity (Wildman–Crippen MR) is 88.9 cm³/mol. The van der Waals surface area contributed by atoms with E-state index in [-0.39, 0.29) is 12.0 Å². The second kappa shape index (κ2) is 7.86. The van der Waals surface area contributed by atoms with Crippen molar-refractivity contribution < 1.29 is 14.3 Å². The predicted octanol–water partition coefficient (Wildman–Crippen LogP) is 2.14. The van der Waals surface area contributed by atoms with E-state index in [1.54, 1.807) is 19.2 Å². The fourth-order valence-electron chi connectivity index (χ4n) is 3.04. The van der Waals surface area contributed by atoms with E-state index in [9.17, 15) is 4.79 Å². The average Bonchev–Trinajstić information content (AvgIpc) is 3.25. The van der Waals surface area contributed by atoms with Gasteiger partial charge in [0, 0.05) is 30.3 Å². The summed E-state index contributed by atoms with van der Waals surface area (Å²) in [5.74, 6) is 1.77. The van der Waals surface area contributed by atoms with Crippen molar-refractivity contribution in [2.24, 2.45) is 0 Å². The van der Waals surface area contributed by atoms with Gasteiger partial charge >= 0.3 is 0 Å². The van der Waals surface area contributed by atoms with Gasteiger partial charge in [-0.2, -0.15) is 0 Å². The molecular weight excluding hydrogens is 314 g/mol. The first kappa shape index (κ1) is 16.4. The van der Waals surface area contributed by atoms with E-state index >= 15 is 0 Å². The second-order valence-electron chi connectivity index (χ2n) is 6.00. The number of rotatable bonds is 6. The molecule has 23 heavy (non-hydrogen) atoms. The highest BCUT2D eigenvalue weighted by molar-refractivity contribution is 8.00. The maximum atomic E-state index is 12.3. The Kier molecular flexibility index (Phi) is 5.59. The van der Waals surface area contributed by atoms with Gasteiger partial charge in [-0.25, -0.2) is 0 Å². The molecule has 1 amide bonds. The molecule has 0 radical (unpaired) electrons. The van der Waals surface area contributed by atoms with E-state index in [0.29, 0.717) is 29.3 Å². The highest BCUT2D eigenvalue weighted by Gasteiger charge is 2.28. The molecule has 0 N–H and O–H groups in total. The minimum Gasteiger partial charge on any atom is -0.480 e. The highest BCUT2D eigenvalue weighted by Crippen LogP contribution is 2.29. The quantitative estimate of drug-likeness (QED) is 0.792. The van der Waals surface area contributed by atoms with Gasteiger partial charge in [0.05, 0.1) is 19.4 Å². The van der Waals surface area contributed by atoms with E-state index in [1.807, 2.05) is 16.7 Å². The number of aromatic nitrogens is 2. The Morgan fingerprint density at radius 1 is 1.26 bits per heavy atom. The van der Waals surface area contributed by atoms with Crippen LogP contribution in [-0.2, 0) is 4.79 Å². The van der Waals surface area contributed by atoms with Crippen molar-refractivity contribution in [1.29, 1.82) is 0 Å². The van der Waals surface area contributed by atoms with Gasteiger partial charge in [0.25, 0.3) is 0 Å². The van der Waals surface area contributed by atoms with Crippen LogP contribution in [0.4, 0.5) is 0 Å². The molecule has 0 aromatic carbocycles. The smallest absolute Gasteiger partial charge is 0.233 e. The molecule has 1 unspecified atom stereocenters. The molecule has 6 nitrogen and oxygen atoms in total. The van der Waals surface area contributed by atoms with E-state index in [0.717, 1.165) is 13.0 Å². The molecule has 1 aromatic heterocycles. The van der Waals surface area contributed by atoms with E-state index in [4.69, 9.17) is 9.47 Å². The highest BCUT2D eigenvalue weighted by atomic mass is 32.2. The van der Waals surface area contributed by atoms with Crippen molar-refractivity contribution in [2.45, 2.75) is 43.5 Å². The second-order valence-corrected chi connectivity index (χ2v) is 7.29. The molecule has 7 heteroatoms. The van der Waals surface area contributed by atoms with E-state index in [1.165, 1.54) is 25.7 Å². The van der Waals surface area contributed by atoms with Gasteiger partial charge in [-0.15, -0.1) is 22.0 Å². The van der Waals surface area contributed by atoms with Gasteiger partial charge in [-0.05, 0) is 12.8 Å². The fraction of sp³-hybridized carbons (Fsp3) is 0.688. The molecule has 3 rings (SSSR count). The number of hydrogen-bond acceptors (Lipinski definition) is 6. The van der Waals surface area contributed by atoms with Crippen LogP contribution in [0.1, 0.15) is 32.1 Å². The maximum Gasteiger partial charge on any atom is 0.233 e. The van der Waals surface area contributed by atoms with Crippen LogP contribution < -0.4 is 9.47 Å². The van der Waals surface area contributed by atoms with Crippen LogP contribution >= 0.6 is 11.8 Å². The Morgan fingerprint density at radius 2 is 2.00 bits per heavy atom. The largest absolute Gasteiger partial charge is 0.480 e. The Balaban J connectivity index is 1.42. The van der Waals surface area contributed by atoms with Gasteiger partial charge in [0.15, 0.2) is 0 Å². The molecule has 1 aromatic rings. The molecule has 1 saturated carbocycles. The number of likely N-dealkylation sites (tertiary alicyclic amines) is 1. The number of carbonyl (C=O) groups is 1. The summed E-state index contributed by atoms with van der Waals surface area (Å²) < 4.78 is 10.8. The third-order valence-corrected chi connectivity index (χ3v) is 5.71. The first-order valence-electron chi connectivity index (χ1n) is 8.18. The molecule has 2 heterocycles. The first-order valence-corrected chi connectivity index (χ1v) is 9.23. The van der Waals surface area contributed by atoms with Crippen LogP contribution in [0.15, 0.2) is 12.1 Å². The lowest BCUT2D eigenvalue weighted by molar-refractivity contribution is -0.127. The minimum atomic E-state index is -0.00174. The van der Waals surface area contributed by atoms with Crippen molar-refractivity contribution >= 4 is 17.7 Å². The molecule has 0 bridgehead atoms. The zero-order valence-corrected chi connectivity index (χ0v) is 14.3. The number of nitrogens with zero attached hydrogens (tertiary/aromatic N) is 3. The van der Waals surface area contributed by atoms with Crippen molar-refractivity contribution in [2.75, 3.05) is 26.0 Å². The minimum absolute atomic E-state index is 0.00174. The summed E-state index contributed by atoms with van der Waals surface area (Å²) in [7, 11) is 1.55. The lowest BCUT2D eigenvalue weighted by atomic mass is 10.3. The van der Waals surface area contributed by atoms with Crippen LogP contribution in [0.2, 0.25) is 0 Å². The molecule has 2 aliphatic rings. The summed E-state index contributed by atoms with van der Waals surface area (Å²) in [5, 5.41) is 8.54. The van der Waals surface area contributed by atoms with Crippen molar-refractivity contribution in [3.8, 4) is 11.8 Å². The summed E-state index contributed by atoms with van der Waals surface area (Å²) in [6.07, 6.45) is 5.99. The summed E-state index contributed by atoms with van der Waals surface area (Å²) in [6.45, 7) is 1.40. The van der Waals surface area contributed by atoms with Gasteiger partial charge < -0.3 is 14.4 Å².